The highest BCUT2D eigenvalue weighted by Crippen LogP contribution is 2.41. The van der Waals surface area contributed by atoms with Gasteiger partial charge in [0.1, 0.15) is 5.82 Å². The predicted molar refractivity (Wildman–Crippen MR) is 116 cm³/mol. The Hall–Kier alpha value is -2.70. The van der Waals surface area contributed by atoms with E-state index in [4.69, 9.17) is 4.74 Å². The van der Waals surface area contributed by atoms with Crippen molar-refractivity contribution in [2.24, 2.45) is 0 Å². The van der Waals surface area contributed by atoms with Gasteiger partial charge in [-0.1, -0.05) is 42.5 Å². The molecule has 2 atom stereocenters. The SMILES string of the molecule is CC(c1ccc(-c2ccc(F)cc2)cc1)N1CCC(CCO)(c2cccs2)OC1=O. The Bertz CT molecular complexity index is 988. The molecular weight excluding hydrogens is 401 g/mol. The highest BCUT2D eigenvalue weighted by Gasteiger charge is 2.43. The molecule has 0 saturated carbocycles. The number of aliphatic hydroxyl groups is 1. The zero-order valence-electron chi connectivity index (χ0n) is 16.8. The number of hydrogen-bond donors (Lipinski definition) is 1. The maximum Gasteiger partial charge on any atom is 0.411 e. The average Bonchev–Trinajstić information content (AvgIpc) is 3.30. The van der Waals surface area contributed by atoms with E-state index < -0.39 is 5.60 Å². The molecule has 1 fully saturated rings. The van der Waals surface area contributed by atoms with E-state index in [0.29, 0.717) is 19.4 Å². The summed E-state index contributed by atoms with van der Waals surface area (Å²) in [7, 11) is 0. The second kappa shape index (κ2) is 8.58. The van der Waals surface area contributed by atoms with E-state index >= 15 is 0 Å². The predicted octanol–water partition coefficient (Wildman–Crippen LogP) is 5.74. The summed E-state index contributed by atoms with van der Waals surface area (Å²) in [5.41, 5.74) is 2.19. The van der Waals surface area contributed by atoms with Gasteiger partial charge in [0.05, 0.1) is 6.04 Å². The molecule has 4 rings (SSSR count). The minimum Gasteiger partial charge on any atom is -0.437 e. The lowest BCUT2D eigenvalue weighted by Gasteiger charge is -2.42. The lowest BCUT2D eigenvalue weighted by atomic mass is 9.91. The normalized spacial score (nSPS) is 20.1. The molecule has 4 nitrogen and oxygen atoms in total. The number of carbonyl (C=O) groups excluding carboxylic acids is 1. The van der Waals surface area contributed by atoms with Crippen LogP contribution in [0.5, 0.6) is 0 Å². The summed E-state index contributed by atoms with van der Waals surface area (Å²) in [5, 5.41) is 11.5. The number of aliphatic hydroxyl groups excluding tert-OH is 1. The second-order valence-corrected chi connectivity index (χ2v) is 8.51. The highest BCUT2D eigenvalue weighted by atomic mass is 32.1. The minimum absolute atomic E-state index is 0.0361. The van der Waals surface area contributed by atoms with Crippen LogP contribution < -0.4 is 0 Å². The lowest BCUT2D eigenvalue weighted by Crippen LogP contribution is -2.48. The van der Waals surface area contributed by atoms with Gasteiger partial charge in [0.2, 0.25) is 0 Å². The Labute approximate surface area is 179 Å². The third kappa shape index (κ3) is 3.98. The zero-order chi connectivity index (χ0) is 21.1. The van der Waals surface area contributed by atoms with Crippen LogP contribution in [-0.4, -0.2) is 29.3 Å². The molecule has 2 aromatic carbocycles. The molecule has 0 aliphatic carbocycles. The van der Waals surface area contributed by atoms with Crippen molar-refractivity contribution in [3.05, 3.63) is 82.3 Å². The number of ether oxygens (including phenoxy) is 1. The molecule has 0 spiro atoms. The first-order valence-electron chi connectivity index (χ1n) is 10.0. The van der Waals surface area contributed by atoms with Crippen LogP contribution in [0.1, 0.15) is 36.2 Å². The third-order valence-electron chi connectivity index (χ3n) is 5.80. The Morgan fingerprint density at radius 1 is 1.13 bits per heavy atom. The quantitative estimate of drug-likeness (QED) is 0.548. The number of nitrogens with zero attached hydrogens (tertiary/aromatic N) is 1. The van der Waals surface area contributed by atoms with E-state index in [1.807, 2.05) is 48.7 Å². The summed E-state index contributed by atoms with van der Waals surface area (Å²) >= 11 is 1.55. The third-order valence-corrected chi connectivity index (χ3v) is 6.85. The van der Waals surface area contributed by atoms with Gasteiger partial charge < -0.3 is 14.7 Å². The monoisotopic (exact) mass is 425 g/mol. The van der Waals surface area contributed by atoms with Crippen molar-refractivity contribution in [1.29, 1.82) is 0 Å². The van der Waals surface area contributed by atoms with E-state index in [-0.39, 0.29) is 24.6 Å². The molecule has 2 unspecified atom stereocenters. The number of cyclic esters (lactones) is 1. The van der Waals surface area contributed by atoms with E-state index in [1.54, 1.807) is 28.4 Å². The van der Waals surface area contributed by atoms with Gasteiger partial charge >= 0.3 is 6.09 Å². The van der Waals surface area contributed by atoms with E-state index in [9.17, 15) is 14.3 Å². The smallest absolute Gasteiger partial charge is 0.411 e. The number of thiophene rings is 1. The maximum atomic E-state index is 13.1. The van der Waals surface area contributed by atoms with Crippen LogP contribution in [-0.2, 0) is 10.3 Å². The summed E-state index contributed by atoms with van der Waals surface area (Å²) in [4.78, 5) is 15.6. The fourth-order valence-corrected chi connectivity index (χ4v) is 4.91. The molecule has 1 saturated heterocycles. The summed E-state index contributed by atoms with van der Waals surface area (Å²) in [6.45, 7) is 2.50. The molecule has 1 amide bonds. The summed E-state index contributed by atoms with van der Waals surface area (Å²) in [6, 6.07) is 18.1. The fourth-order valence-electron chi connectivity index (χ4n) is 3.99. The molecule has 1 N–H and O–H groups in total. The van der Waals surface area contributed by atoms with Crippen molar-refractivity contribution in [2.75, 3.05) is 13.2 Å². The zero-order valence-corrected chi connectivity index (χ0v) is 17.6. The van der Waals surface area contributed by atoms with Crippen molar-refractivity contribution in [1.82, 2.24) is 4.90 Å². The fraction of sp³-hybridized carbons (Fsp3) is 0.292. The summed E-state index contributed by atoms with van der Waals surface area (Å²) in [5.74, 6) is -0.257. The summed E-state index contributed by atoms with van der Waals surface area (Å²) < 4.78 is 19.1. The topological polar surface area (TPSA) is 49.8 Å². The molecule has 156 valence electrons. The maximum absolute atomic E-state index is 13.1. The number of benzene rings is 2. The number of halogens is 1. The van der Waals surface area contributed by atoms with Gasteiger partial charge in [0, 0.05) is 30.9 Å². The Morgan fingerprint density at radius 2 is 1.80 bits per heavy atom. The van der Waals surface area contributed by atoms with Crippen LogP contribution >= 0.6 is 11.3 Å². The number of amides is 1. The minimum atomic E-state index is -0.747. The Balaban J connectivity index is 1.49. The first-order chi connectivity index (χ1) is 14.5. The first kappa shape index (κ1) is 20.6. The molecule has 1 aliphatic heterocycles. The van der Waals surface area contributed by atoms with Gasteiger partial charge in [-0.05, 0) is 47.2 Å². The first-order valence-corrected chi connectivity index (χ1v) is 10.9. The van der Waals surface area contributed by atoms with Crippen molar-refractivity contribution >= 4 is 17.4 Å². The molecule has 1 aromatic heterocycles. The standard InChI is InChI=1S/C24H24FNO3S/c1-17(18-4-6-19(7-5-18)20-8-10-21(25)11-9-20)26-14-12-24(13-15-27,29-23(26)28)22-3-2-16-30-22/h2-11,16-17,27H,12-15H2,1H3. The van der Waals surface area contributed by atoms with E-state index in [0.717, 1.165) is 21.6 Å². The van der Waals surface area contributed by atoms with Gasteiger partial charge in [-0.25, -0.2) is 9.18 Å². The van der Waals surface area contributed by atoms with Crippen LogP contribution in [0.15, 0.2) is 66.0 Å². The van der Waals surface area contributed by atoms with Gasteiger partial charge in [0.25, 0.3) is 0 Å². The second-order valence-electron chi connectivity index (χ2n) is 7.56. The van der Waals surface area contributed by atoms with Gasteiger partial charge in [-0.3, -0.25) is 0 Å². The lowest BCUT2D eigenvalue weighted by molar-refractivity contribution is -0.0697. The van der Waals surface area contributed by atoms with Crippen molar-refractivity contribution < 1.29 is 19.0 Å². The van der Waals surface area contributed by atoms with Crippen LogP contribution in [0.2, 0.25) is 0 Å². The molecule has 2 heterocycles. The molecule has 0 bridgehead atoms. The number of carbonyl (C=O) groups is 1. The van der Waals surface area contributed by atoms with E-state index in [1.165, 1.54) is 12.1 Å². The van der Waals surface area contributed by atoms with Gasteiger partial charge in [-0.15, -0.1) is 11.3 Å². The largest absolute Gasteiger partial charge is 0.437 e. The Kier molecular flexibility index (Phi) is 5.88. The molecule has 30 heavy (non-hydrogen) atoms. The number of rotatable bonds is 6. The average molecular weight is 426 g/mol. The van der Waals surface area contributed by atoms with Crippen LogP contribution in [0, 0.1) is 5.82 Å². The van der Waals surface area contributed by atoms with Gasteiger partial charge in [-0.2, -0.15) is 0 Å². The molecule has 3 aromatic rings. The van der Waals surface area contributed by atoms with E-state index in [2.05, 4.69) is 0 Å². The van der Waals surface area contributed by atoms with Crippen molar-refractivity contribution in [2.45, 2.75) is 31.4 Å². The summed E-state index contributed by atoms with van der Waals surface area (Å²) in [6.07, 6.45) is 0.671. The van der Waals surface area contributed by atoms with Crippen molar-refractivity contribution in [3.8, 4) is 11.1 Å². The van der Waals surface area contributed by atoms with Crippen LogP contribution in [0.4, 0.5) is 9.18 Å². The molecule has 1 aliphatic rings. The van der Waals surface area contributed by atoms with Gasteiger partial charge in [0.15, 0.2) is 5.60 Å². The van der Waals surface area contributed by atoms with Crippen molar-refractivity contribution in [3.63, 3.8) is 0 Å². The molecule has 6 heteroatoms. The van der Waals surface area contributed by atoms with Crippen LogP contribution in [0.3, 0.4) is 0 Å². The van der Waals surface area contributed by atoms with Crippen LogP contribution in [0.25, 0.3) is 11.1 Å². The Morgan fingerprint density at radius 3 is 2.37 bits per heavy atom. The number of hydrogen-bond acceptors (Lipinski definition) is 4. The molecule has 0 radical (unpaired) electrons. The molecular formula is C24H24FNO3S. The highest BCUT2D eigenvalue weighted by molar-refractivity contribution is 7.10.